The Balaban J connectivity index is 1.86. The molecule has 1 fully saturated rings. The summed E-state index contributed by atoms with van der Waals surface area (Å²) >= 11 is 6.12. The van der Waals surface area contributed by atoms with Crippen LogP contribution < -0.4 is 10.1 Å². The summed E-state index contributed by atoms with van der Waals surface area (Å²) in [7, 11) is 1.61. The number of amides is 1. The molecule has 0 spiro atoms. The minimum Gasteiger partial charge on any atom is -0.495 e. The highest BCUT2D eigenvalue weighted by atomic mass is 35.5. The summed E-state index contributed by atoms with van der Waals surface area (Å²) < 4.78 is 5.14. The lowest BCUT2D eigenvalue weighted by Crippen LogP contribution is -2.48. The lowest BCUT2D eigenvalue weighted by molar-refractivity contribution is -0.135. The SMILES string of the molecule is COc1ccc(CCC(C)C(=O)N2CCNCC2)cc1Cl. The van der Waals surface area contributed by atoms with Crippen LogP contribution in [0.3, 0.4) is 0 Å². The van der Waals surface area contributed by atoms with Crippen molar-refractivity contribution in [2.75, 3.05) is 33.3 Å². The number of nitrogens with one attached hydrogen (secondary N) is 1. The molecule has 5 heteroatoms. The maximum absolute atomic E-state index is 12.3. The second-order valence-corrected chi connectivity index (χ2v) is 5.89. The Labute approximate surface area is 131 Å². The third-order valence-corrected chi connectivity index (χ3v) is 4.23. The molecule has 1 saturated heterocycles. The Kier molecular flexibility index (Phi) is 5.88. The number of nitrogens with zero attached hydrogens (tertiary/aromatic N) is 1. The van der Waals surface area contributed by atoms with Crippen LogP contribution in [0.1, 0.15) is 18.9 Å². The molecule has 0 bridgehead atoms. The van der Waals surface area contributed by atoms with Crippen LogP contribution in [-0.2, 0) is 11.2 Å². The molecule has 1 aromatic rings. The van der Waals surface area contributed by atoms with E-state index < -0.39 is 0 Å². The molecule has 1 N–H and O–H groups in total. The second-order valence-electron chi connectivity index (χ2n) is 5.48. The lowest BCUT2D eigenvalue weighted by Gasteiger charge is -2.29. The van der Waals surface area contributed by atoms with Gasteiger partial charge in [0, 0.05) is 32.1 Å². The zero-order valence-corrected chi connectivity index (χ0v) is 13.4. The van der Waals surface area contributed by atoms with Gasteiger partial charge >= 0.3 is 0 Å². The van der Waals surface area contributed by atoms with E-state index in [1.807, 2.05) is 30.0 Å². The van der Waals surface area contributed by atoms with Crippen LogP contribution in [0.25, 0.3) is 0 Å². The van der Waals surface area contributed by atoms with Gasteiger partial charge in [-0.15, -0.1) is 0 Å². The molecule has 1 aromatic carbocycles. The minimum atomic E-state index is 0.0453. The molecule has 1 aliphatic rings. The van der Waals surface area contributed by atoms with Crippen LogP contribution in [-0.4, -0.2) is 44.1 Å². The number of ether oxygens (including phenoxy) is 1. The van der Waals surface area contributed by atoms with Gasteiger partial charge in [-0.25, -0.2) is 0 Å². The number of piperazine rings is 1. The number of halogens is 1. The molecule has 4 nitrogen and oxygen atoms in total. The molecule has 0 radical (unpaired) electrons. The molecular weight excluding hydrogens is 288 g/mol. The number of rotatable bonds is 5. The molecule has 2 rings (SSSR count). The van der Waals surface area contributed by atoms with Gasteiger partial charge in [-0.05, 0) is 30.5 Å². The van der Waals surface area contributed by atoms with E-state index >= 15 is 0 Å². The average Bonchev–Trinajstić information content (AvgIpc) is 2.52. The van der Waals surface area contributed by atoms with E-state index in [4.69, 9.17) is 16.3 Å². The highest BCUT2D eigenvalue weighted by molar-refractivity contribution is 6.32. The molecule has 0 aliphatic carbocycles. The van der Waals surface area contributed by atoms with Gasteiger partial charge in [0.15, 0.2) is 0 Å². The predicted octanol–water partition coefficient (Wildman–Crippen LogP) is 2.35. The van der Waals surface area contributed by atoms with E-state index in [1.165, 1.54) is 0 Å². The summed E-state index contributed by atoms with van der Waals surface area (Å²) in [6.45, 7) is 5.43. The van der Waals surface area contributed by atoms with Crippen molar-refractivity contribution >= 4 is 17.5 Å². The zero-order chi connectivity index (χ0) is 15.2. The minimum absolute atomic E-state index is 0.0453. The Morgan fingerprint density at radius 1 is 1.43 bits per heavy atom. The first-order chi connectivity index (χ1) is 10.1. The maximum Gasteiger partial charge on any atom is 0.225 e. The van der Waals surface area contributed by atoms with Gasteiger partial charge in [-0.3, -0.25) is 4.79 Å². The third kappa shape index (κ3) is 4.35. The number of carbonyl (C=O) groups excluding carboxylic acids is 1. The summed E-state index contributed by atoms with van der Waals surface area (Å²) in [5, 5.41) is 3.88. The van der Waals surface area contributed by atoms with E-state index in [1.54, 1.807) is 7.11 Å². The topological polar surface area (TPSA) is 41.6 Å². The van der Waals surface area contributed by atoms with Gasteiger partial charge in [-0.1, -0.05) is 24.6 Å². The smallest absolute Gasteiger partial charge is 0.225 e. The number of carbonyl (C=O) groups is 1. The number of hydrogen-bond acceptors (Lipinski definition) is 3. The number of benzene rings is 1. The fourth-order valence-corrected chi connectivity index (χ4v) is 2.85. The first-order valence-electron chi connectivity index (χ1n) is 7.43. The molecule has 1 amide bonds. The van der Waals surface area contributed by atoms with Crippen LogP contribution >= 0.6 is 11.6 Å². The van der Waals surface area contributed by atoms with E-state index in [2.05, 4.69) is 5.32 Å². The number of methoxy groups -OCH3 is 1. The van der Waals surface area contributed by atoms with Crippen molar-refractivity contribution in [3.05, 3.63) is 28.8 Å². The quantitative estimate of drug-likeness (QED) is 0.907. The summed E-state index contributed by atoms with van der Waals surface area (Å²) in [5.41, 5.74) is 1.14. The van der Waals surface area contributed by atoms with E-state index in [9.17, 15) is 4.79 Å². The Morgan fingerprint density at radius 3 is 2.76 bits per heavy atom. The fraction of sp³-hybridized carbons (Fsp3) is 0.562. The second kappa shape index (κ2) is 7.66. The van der Waals surface area contributed by atoms with Crippen LogP contribution in [0.15, 0.2) is 18.2 Å². The van der Waals surface area contributed by atoms with E-state index in [-0.39, 0.29) is 11.8 Å². The molecule has 21 heavy (non-hydrogen) atoms. The van der Waals surface area contributed by atoms with Crippen molar-refractivity contribution in [3.63, 3.8) is 0 Å². The molecule has 1 aliphatic heterocycles. The largest absolute Gasteiger partial charge is 0.495 e. The van der Waals surface area contributed by atoms with Crippen LogP contribution in [0, 0.1) is 5.92 Å². The molecule has 0 aromatic heterocycles. The van der Waals surface area contributed by atoms with Gasteiger partial charge in [0.25, 0.3) is 0 Å². The Bertz CT molecular complexity index is 487. The van der Waals surface area contributed by atoms with Crippen molar-refractivity contribution in [2.24, 2.45) is 5.92 Å². The lowest BCUT2D eigenvalue weighted by atomic mass is 9.99. The maximum atomic E-state index is 12.3. The van der Waals surface area contributed by atoms with Gasteiger partial charge in [0.2, 0.25) is 5.91 Å². The Hall–Kier alpha value is -1.26. The van der Waals surface area contributed by atoms with E-state index in [0.717, 1.165) is 44.6 Å². The average molecular weight is 311 g/mol. The summed E-state index contributed by atoms with van der Waals surface area (Å²) in [6, 6.07) is 5.80. The summed E-state index contributed by atoms with van der Waals surface area (Å²) in [4.78, 5) is 14.3. The van der Waals surface area contributed by atoms with Gasteiger partial charge in [0.05, 0.1) is 12.1 Å². The van der Waals surface area contributed by atoms with Crippen molar-refractivity contribution in [1.82, 2.24) is 10.2 Å². The summed E-state index contributed by atoms with van der Waals surface area (Å²) in [5.74, 6) is 0.991. The van der Waals surface area contributed by atoms with Gasteiger partial charge in [0.1, 0.15) is 5.75 Å². The third-order valence-electron chi connectivity index (χ3n) is 3.93. The first-order valence-corrected chi connectivity index (χ1v) is 7.81. The first kappa shape index (κ1) is 16.1. The van der Waals surface area contributed by atoms with Crippen LogP contribution in [0.5, 0.6) is 5.75 Å². The molecule has 1 atom stereocenters. The standard InChI is InChI=1S/C16H23ClN2O2/c1-12(16(20)19-9-7-18-8-10-19)3-4-13-5-6-15(21-2)14(17)11-13/h5-6,11-12,18H,3-4,7-10H2,1-2H3. The highest BCUT2D eigenvalue weighted by Gasteiger charge is 2.21. The normalized spacial score (nSPS) is 16.6. The van der Waals surface area contributed by atoms with Crippen molar-refractivity contribution in [2.45, 2.75) is 19.8 Å². The van der Waals surface area contributed by atoms with Crippen molar-refractivity contribution in [3.8, 4) is 5.75 Å². The van der Waals surface area contributed by atoms with Crippen LogP contribution in [0.4, 0.5) is 0 Å². The highest BCUT2D eigenvalue weighted by Crippen LogP contribution is 2.26. The molecule has 1 heterocycles. The summed E-state index contributed by atoms with van der Waals surface area (Å²) in [6.07, 6.45) is 1.69. The fourth-order valence-electron chi connectivity index (χ4n) is 2.57. The van der Waals surface area contributed by atoms with Crippen molar-refractivity contribution < 1.29 is 9.53 Å². The van der Waals surface area contributed by atoms with Crippen LogP contribution in [0.2, 0.25) is 5.02 Å². The van der Waals surface area contributed by atoms with Crippen molar-refractivity contribution in [1.29, 1.82) is 0 Å². The van der Waals surface area contributed by atoms with Gasteiger partial charge < -0.3 is 15.0 Å². The van der Waals surface area contributed by atoms with E-state index in [0.29, 0.717) is 10.8 Å². The Morgan fingerprint density at radius 2 is 2.14 bits per heavy atom. The zero-order valence-electron chi connectivity index (χ0n) is 12.7. The molecule has 116 valence electrons. The van der Waals surface area contributed by atoms with Gasteiger partial charge in [-0.2, -0.15) is 0 Å². The molecule has 0 saturated carbocycles. The molecular formula is C16H23ClN2O2. The predicted molar refractivity (Wildman–Crippen MR) is 84.9 cm³/mol. The number of hydrogen-bond donors (Lipinski definition) is 1. The monoisotopic (exact) mass is 310 g/mol. The number of aryl methyl sites for hydroxylation is 1. The molecule has 1 unspecified atom stereocenters.